The van der Waals surface area contributed by atoms with E-state index < -0.39 is 6.10 Å². The number of benzene rings is 1. The molecule has 0 saturated heterocycles. The van der Waals surface area contributed by atoms with Crippen LogP contribution in [0.4, 0.5) is 0 Å². The van der Waals surface area contributed by atoms with Gasteiger partial charge < -0.3 is 14.6 Å². The Bertz CT molecular complexity index is 387. The second-order valence-electron chi connectivity index (χ2n) is 4.55. The van der Waals surface area contributed by atoms with Crippen molar-refractivity contribution in [2.45, 2.75) is 38.7 Å². The predicted octanol–water partition coefficient (Wildman–Crippen LogP) is 3.66. The van der Waals surface area contributed by atoms with Crippen molar-refractivity contribution in [3.63, 3.8) is 0 Å². The van der Waals surface area contributed by atoms with E-state index in [1.807, 2.05) is 12.1 Å². The van der Waals surface area contributed by atoms with Gasteiger partial charge in [-0.05, 0) is 30.5 Å². The van der Waals surface area contributed by atoms with Crippen LogP contribution in [-0.4, -0.2) is 19.3 Å². The topological polar surface area (TPSA) is 38.7 Å². The van der Waals surface area contributed by atoms with E-state index in [9.17, 15) is 5.11 Å². The molecule has 1 unspecified atom stereocenters. The number of rotatable bonds is 8. The number of unbranched alkanes of at least 4 members (excludes halogenated alkanes) is 2. The van der Waals surface area contributed by atoms with Crippen LogP contribution in [0, 0.1) is 0 Å². The van der Waals surface area contributed by atoms with E-state index in [-0.39, 0.29) is 0 Å². The highest BCUT2D eigenvalue weighted by Gasteiger charge is 2.17. The van der Waals surface area contributed by atoms with Gasteiger partial charge in [0.25, 0.3) is 0 Å². The number of hydrogen-bond donors (Lipinski definition) is 1. The fourth-order valence-electron chi connectivity index (χ4n) is 2.13. The molecule has 19 heavy (non-hydrogen) atoms. The zero-order chi connectivity index (χ0) is 14.3. The van der Waals surface area contributed by atoms with Gasteiger partial charge in [-0.25, -0.2) is 0 Å². The third-order valence-corrected chi connectivity index (χ3v) is 3.19. The molecule has 1 aromatic rings. The molecule has 0 radical (unpaired) electrons. The van der Waals surface area contributed by atoms with Crippen molar-refractivity contribution in [3.05, 3.63) is 35.9 Å². The quantitative estimate of drug-likeness (QED) is 0.575. The highest BCUT2D eigenvalue weighted by molar-refractivity contribution is 5.50. The third-order valence-electron chi connectivity index (χ3n) is 3.19. The summed E-state index contributed by atoms with van der Waals surface area (Å²) < 4.78 is 10.7. The number of methoxy groups -OCH3 is 2. The van der Waals surface area contributed by atoms with Gasteiger partial charge in [0.2, 0.25) is 0 Å². The van der Waals surface area contributed by atoms with E-state index in [4.69, 9.17) is 9.47 Å². The molecule has 3 nitrogen and oxygen atoms in total. The van der Waals surface area contributed by atoms with E-state index in [1.165, 1.54) is 24.5 Å². The molecule has 0 heterocycles. The summed E-state index contributed by atoms with van der Waals surface area (Å²) >= 11 is 0. The normalized spacial score (nSPS) is 12.0. The maximum absolute atomic E-state index is 9.98. The molecule has 0 aliphatic carbocycles. The summed E-state index contributed by atoms with van der Waals surface area (Å²) in [6.07, 6.45) is 5.23. The first kappa shape index (κ1) is 15.6. The zero-order valence-electron chi connectivity index (χ0n) is 12.1. The van der Waals surface area contributed by atoms with Crippen molar-refractivity contribution in [2.24, 2.45) is 0 Å². The van der Waals surface area contributed by atoms with Gasteiger partial charge in [-0.15, -0.1) is 6.58 Å². The molecule has 0 aliphatic rings. The molecule has 1 atom stereocenters. The van der Waals surface area contributed by atoms with Crippen molar-refractivity contribution in [3.8, 4) is 11.5 Å². The molecule has 0 spiro atoms. The Labute approximate surface area is 115 Å². The summed E-state index contributed by atoms with van der Waals surface area (Å²) in [5.74, 6) is 1.30. The second kappa shape index (κ2) is 7.85. The average molecular weight is 264 g/mol. The van der Waals surface area contributed by atoms with Gasteiger partial charge in [0.05, 0.1) is 19.8 Å². The van der Waals surface area contributed by atoms with Gasteiger partial charge in [0.15, 0.2) is 0 Å². The summed E-state index contributed by atoms with van der Waals surface area (Å²) in [6.45, 7) is 5.80. The maximum Gasteiger partial charge on any atom is 0.129 e. The molecule has 1 N–H and O–H groups in total. The molecule has 106 valence electrons. The minimum Gasteiger partial charge on any atom is -0.496 e. The van der Waals surface area contributed by atoms with Crippen LogP contribution in [0.15, 0.2) is 24.8 Å². The lowest BCUT2D eigenvalue weighted by atomic mass is 10.0. The SMILES string of the molecule is C=CC(O)c1c(OC)cc(CCCCC)cc1OC. The van der Waals surface area contributed by atoms with Crippen LogP contribution in [-0.2, 0) is 6.42 Å². The Kier molecular flexibility index (Phi) is 6.43. The Hall–Kier alpha value is -1.48. The van der Waals surface area contributed by atoms with E-state index >= 15 is 0 Å². The summed E-state index contributed by atoms with van der Waals surface area (Å²) in [6, 6.07) is 3.94. The van der Waals surface area contributed by atoms with Gasteiger partial charge in [-0.3, -0.25) is 0 Å². The Morgan fingerprint density at radius 1 is 1.21 bits per heavy atom. The van der Waals surface area contributed by atoms with Crippen molar-refractivity contribution in [1.82, 2.24) is 0 Å². The summed E-state index contributed by atoms with van der Waals surface area (Å²) in [5.41, 5.74) is 1.81. The van der Waals surface area contributed by atoms with Crippen molar-refractivity contribution < 1.29 is 14.6 Å². The van der Waals surface area contributed by atoms with Crippen LogP contribution in [0.25, 0.3) is 0 Å². The van der Waals surface area contributed by atoms with Gasteiger partial charge in [0, 0.05) is 0 Å². The fourth-order valence-corrected chi connectivity index (χ4v) is 2.13. The van der Waals surface area contributed by atoms with Gasteiger partial charge in [-0.2, -0.15) is 0 Å². The van der Waals surface area contributed by atoms with Gasteiger partial charge in [-0.1, -0.05) is 25.8 Å². The van der Waals surface area contributed by atoms with Crippen molar-refractivity contribution >= 4 is 0 Å². The second-order valence-corrected chi connectivity index (χ2v) is 4.55. The average Bonchev–Trinajstić information content (AvgIpc) is 2.45. The lowest BCUT2D eigenvalue weighted by Gasteiger charge is -2.17. The minimum atomic E-state index is -0.783. The van der Waals surface area contributed by atoms with Crippen LogP contribution in [0.2, 0.25) is 0 Å². The highest BCUT2D eigenvalue weighted by atomic mass is 16.5. The molecule has 1 rings (SSSR count). The lowest BCUT2D eigenvalue weighted by Crippen LogP contribution is -2.03. The van der Waals surface area contributed by atoms with Crippen LogP contribution in [0.3, 0.4) is 0 Å². The lowest BCUT2D eigenvalue weighted by molar-refractivity contribution is 0.217. The molecule has 0 aliphatic heterocycles. The number of hydrogen-bond acceptors (Lipinski definition) is 3. The summed E-state index contributed by atoms with van der Waals surface area (Å²) in [4.78, 5) is 0. The molecule has 1 aromatic carbocycles. The standard InChI is InChI=1S/C16H24O3/c1-5-7-8-9-12-10-14(18-3)16(13(17)6-2)15(11-12)19-4/h6,10-11,13,17H,2,5,7-9H2,1,3-4H3. The summed E-state index contributed by atoms with van der Waals surface area (Å²) in [5, 5.41) is 9.98. The minimum absolute atomic E-state index is 0.638. The number of aliphatic hydroxyl groups is 1. The number of ether oxygens (including phenoxy) is 2. The molecule has 0 amide bonds. The first-order chi connectivity index (χ1) is 9.17. The monoisotopic (exact) mass is 264 g/mol. The molecule has 0 fully saturated rings. The molecule has 3 heteroatoms. The van der Waals surface area contributed by atoms with E-state index in [2.05, 4.69) is 13.5 Å². The summed E-state index contributed by atoms with van der Waals surface area (Å²) in [7, 11) is 3.20. The Morgan fingerprint density at radius 3 is 2.21 bits per heavy atom. The number of aryl methyl sites for hydroxylation is 1. The Balaban J connectivity index is 3.09. The van der Waals surface area contributed by atoms with Crippen molar-refractivity contribution in [2.75, 3.05) is 14.2 Å². The van der Waals surface area contributed by atoms with Crippen LogP contribution < -0.4 is 9.47 Å². The van der Waals surface area contributed by atoms with Crippen LogP contribution >= 0.6 is 0 Å². The maximum atomic E-state index is 9.98. The van der Waals surface area contributed by atoms with Crippen LogP contribution in [0.5, 0.6) is 11.5 Å². The molecule has 0 bridgehead atoms. The van der Waals surface area contributed by atoms with Gasteiger partial charge in [0.1, 0.15) is 17.6 Å². The van der Waals surface area contributed by atoms with E-state index in [1.54, 1.807) is 14.2 Å². The molecule has 0 saturated carbocycles. The highest BCUT2D eigenvalue weighted by Crippen LogP contribution is 2.36. The smallest absolute Gasteiger partial charge is 0.129 e. The number of aliphatic hydroxyl groups excluding tert-OH is 1. The largest absolute Gasteiger partial charge is 0.496 e. The zero-order valence-corrected chi connectivity index (χ0v) is 12.1. The fraction of sp³-hybridized carbons (Fsp3) is 0.500. The third kappa shape index (κ3) is 4.00. The van der Waals surface area contributed by atoms with Crippen LogP contribution in [0.1, 0.15) is 43.4 Å². The molecular weight excluding hydrogens is 240 g/mol. The predicted molar refractivity (Wildman–Crippen MR) is 77.9 cm³/mol. The molecule has 0 aromatic heterocycles. The van der Waals surface area contributed by atoms with E-state index in [0.29, 0.717) is 17.1 Å². The first-order valence-electron chi connectivity index (χ1n) is 6.73. The first-order valence-corrected chi connectivity index (χ1v) is 6.73. The Morgan fingerprint density at radius 2 is 1.79 bits per heavy atom. The van der Waals surface area contributed by atoms with E-state index in [0.717, 1.165) is 12.8 Å². The van der Waals surface area contributed by atoms with Crippen molar-refractivity contribution in [1.29, 1.82) is 0 Å². The van der Waals surface area contributed by atoms with Gasteiger partial charge >= 0.3 is 0 Å². The molecular formula is C16H24O3.